The molecule has 2 aromatic carbocycles. The van der Waals surface area contributed by atoms with Gasteiger partial charge in [-0.3, -0.25) is 4.57 Å². The number of nitrogens with zero attached hydrogens (tertiary/aromatic N) is 1. The zero-order valence-electron chi connectivity index (χ0n) is 10.4. The molecule has 0 aliphatic carbocycles. The average molecular weight is 463 g/mol. The fraction of sp³-hybridized carbons (Fsp3) is 0.0714. The number of rotatable bonds is 1. The number of aromatic nitrogens is 2. The van der Waals surface area contributed by atoms with Crippen molar-refractivity contribution in [1.82, 2.24) is 9.55 Å². The van der Waals surface area contributed by atoms with Crippen molar-refractivity contribution < 1.29 is 4.39 Å². The van der Waals surface area contributed by atoms with Crippen molar-refractivity contribution in [2.24, 2.45) is 0 Å². The molecule has 1 N–H and O–H groups in total. The Hall–Kier alpha value is -0.730. The van der Waals surface area contributed by atoms with E-state index in [2.05, 4.69) is 20.9 Å². The first-order chi connectivity index (χ1) is 9.47. The van der Waals surface area contributed by atoms with Crippen LogP contribution in [0.25, 0.3) is 16.7 Å². The minimum Gasteiger partial charge on any atom is -0.330 e. The van der Waals surface area contributed by atoms with Gasteiger partial charge >= 0.3 is 0 Å². The molecule has 3 aromatic rings. The van der Waals surface area contributed by atoms with Crippen molar-refractivity contribution >= 4 is 61.8 Å². The van der Waals surface area contributed by atoms with Gasteiger partial charge in [0.05, 0.1) is 20.3 Å². The summed E-state index contributed by atoms with van der Waals surface area (Å²) < 4.78 is 17.8. The lowest BCUT2D eigenvalue weighted by molar-refractivity contribution is 0.622. The SMILES string of the molecule is Cc1ccc(Br)cc1-n1c(=S)[nH]c2cc(I)c(F)cc21. The van der Waals surface area contributed by atoms with E-state index in [1.54, 1.807) is 6.07 Å². The summed E-state index contributed by atoms with van der Waals surface area (Å²) in [6, 6.07) is 9.24. The molecule has 0 atom stereocenters. The molecule has 0 radical (unpaired) electrons. The lowest BCUT2D eigenvalue weighted by atomic mass is 10.2. The van der Waals surface area contributed by atoms with Crippen LogP contribution in [0.3, 0.4) is 0 Å². The second kappa shape index (κ2) is 5.23. The Morgan fingerprint density at radius 2 is 2.05 bits per heavy atom. The number of hydrogen-bond acceptors (Lipinski definition) is 1. The molecule has 20 heavy (non-hydrogen) atoms. The van der Waals surface area contributed by atoms with Crippen LogP contribution in [-0.4, -0.2) is 9.55 Å². The lowest BCUT2D eigenvalue weighted by Gasteiger charge is -2.09. The van der Waals surface area contributed by atoms with Crippen LogP contribution in [0.15, 0.2) is 34.8 Å². The van der Waals surface area contributed by atoms with Crippen LogP contribution < -0.4 is 0 Å². The monoisotopic (exact) mass is 462 g/mol. The summed E-state index contributed by atoms with van der Waals surface area (Å²) >= 11 is 10.8. The maximum absolute atomic E-state index is 13.9. The molecule has 2 nitrogen and oxygen atoms in total. The fourth-order valence-corrected chi connectivity index (χ4v) is 3.29. The van der Waals surface area contributed by atoms with E-state index >= 15 is 0 Å². The molecule has 6 heteroatoms. The number of imidazole rings is 1. The van der Waals surface area contributed by atoms with Crippen LogP contribution in [0, 0.1) is 21.1 Å². The second-order valence-corrected chi connectivity index (χ2v) is 6.94. The number of hydrogen-bond donors (Lipinski definition) is 1. The quantitative estimate of drug-likeness (QED) is 0.374. The van der Waals surface area contributed by atoms with Crippen LogP contribution in [-0.2, 0) is 0 Å². The summed E-state index contributed by atoms with van der Waals surface area (Å²) in [4.78, 5) is 3.13. The molecule has 0 amide bonds. The second-order valence-electron chi connectivity index (χ2n) is 4.48. The molecule has 3 rings (SSSR count). The van der Waals surface area contributed by atoms with Gasteiger partial charge < -0.3 is 4.98 Å². The first-order valence-electron chi connectivity index (χ1n) is 5.83. The zero-order chi connectivity index (χ0) is 14.4. The molecule has 0 unspecified atom stereocenters. The predicted octanol–water partition coefficient (Wildman–Crippen LogP) is 5.50. The number of nitrogens with one attached hydrogen (secondary N) is 1. The molecule has 102 valence electrons. The van der Waals surface area contributed by atoms with Gasteiger partial charge in [-0.05, 0) is 65.5 Å². The topological polar surface area (TPSA) is 20.7 Å². The first-order valence-corrected chi connectivity index (χ1v) is 8.11. The highest BCUT2D eigenvalue weighted by atomic mass is 127. The number of aryl methyl sites for hydroxylation is 1. The van der Waals surface area contributed by atoms with Crippen LogP contribution in [0.2, 0.25) is 0 Å². The molecule has 0 aliphatic rings. The van der Waals surface area contributed by atoms with Crippen LogP contribution >= 0.6 is 50.7 Å². The van der Waals surface area contributed by atoms with E-state index < -0.39 is 0 Å². The minimum atomic E-state index is -0.242. The molecular formula is C14H9BrFIN2S. The van der Waals surface area contributed by atoms with Gasteiger partial charge in [-0.2, -0.15) is 0 Å². The van der Waals surface area contributed by atoms with E-state index in [9.17, 15) is 4.39 Å². The van der Waals surface area contributed by atoms with Crippen molar-refractivity contribution in [2.75, 3.05) is 0 Å². The molecule has 1 aromatic heterocycles. The van der Waals surface area contributed by atoms with Gasteiger partial charge in [0.2, 0.25) is 0 Å². The maximum Gasteiger partial charge on any atom is 0.182 e. The molecular weight excluding hydrogens is 454 g/mol. The maximum atomic E-state index is 13.9. The van der Waals surface area contributed by atoms with Crippen molar-refractivity contribution in [3.63, 3.8) is 0 Å². The molecule has 0 saturated heterocycles. The number of benzene rings is 2. The predicted molar refractivity (Wildman–Crippen MR) is 93.6 cm³/mol. The molecule has 0 aliphatic heterocycles. The summed E-state index contributed by atoms with van der Waals surface area (Å²) in [5.74, 6) is -0.242. The Morgan fingerprint density at radius 3 is 2.80 bits per heavy atom. The molecule has 0 fully saturated rings. The van der Waals surface area contributed by atoms with E-state index in [1.165, 1.54) is 6.07 Å². The summed E-state index contributed by atoms with van der Waals surface area (Å²) in [5.41, 5.74) is 3.59. The first kappa shape index (κ1) is 14.2. The normalized spacial score (nSPS) is 11.2. The van der Waals surface area contributed by atoms with Crippen molar-refractivity contribution in [3.8, 4) is 5.69 Å². The molecule has 0 bridgehead atoms. The van der Waals surface area contributed by atoms with E-state index in [4.69, 9.17) is 12.2 Å². The highest BCUT2D eigenvalue weighted by molar-refractivity contribution is 14.1. The Bertz CT molecular complexity index is 885. The van der Waals surface area contributed by atoms with Gasteiger partial charge in [-0.15, -0.1) is 0 Å². The van der Waals surface area contributed by atoms with E-state index in [0.717, 1.165) is 26.8 Å². The summed E-state index contributed by atoms with van der Waals surface area (Å²) in [5, 5.41) is 0. The largest absolute Gasteiger partial charge is 0.330 e. The summed E-state index contributed by atoms with van der Waals surface area (Å²) in [6.07, 6.45) is 0. The summed E-state index contributed by atoms with van der Waals surface area (Å²) in [7, 11) is 0. The standard InChI is InChI=1S/C14H9BrFIN2S/c1-7-2-3-8(15)4-12(7)19-13-5-9(16)10(17)6-11(13)18-14(19)20/h2-6H,1H3,(H,18,20). The third kappa shape index (κ3) is 2.33. The smallest absolute Gasteiger partial charge is 0.182 e. The number of aromatic amines is 1. The number of halogens is 3. The van der Waals surface area contributed by atoms with Gasteiger partial charge in [-0.1, -0.05) is 22.0 Å². The third-order valence-electron chi connectivity index (χ3n) is 3.14. The van der Waals surface area contributed by atoms with Crippen LogP contribution in [0.5, 0.6) is 0 Å². The highest BCUT2D eigenvalue weighted by Crippen LogP contribution is 2.27. The zero-order valence-corrected chi connectivity index (χ0v) is 14.9. The average Bonchev–Trinajstić information content (AvgIpc) is 2.69. The molecule has 0 spiro atoms. The van der Waals surface area contributed by atoms with Crippen molar-refractivity contribution in [3.05, 3.63) is 54.5 Å². The Morgan fingerprint density at radius 1 is 1.30 bits per heavy atom. The van der Waals surface area contributed by atoms with Gasteiger partial charge in [0.25, 0.3) is 0 Å². The Kier molecular flexibility index (Phi) is 3.72. The van der Waals surface area contributed by atoms with E-state index in [-0.39, 0.29) is 5.82 Å². The third-order valence-corrected chi connectivity index (χ3v) is 4.74. The Labute approximate surface area is 142 Å². The van der Waals surface area contributed by atoms with E-state index in [0.29, 0.717) is 8.34 Å². The van der Waals surface area contributed by atoms with Crippen molar-refractivity contribution in [2.45, 2.75) is 6.92 Å². The van der Waals surface area contributed by atoms with E-state index in [1.807, 2.05) is 52.3 Å². The van der Waals surface area contributed by atoms with Gasteiger partial charge in [-0.25, -0.2) is 4.39 Å². The van der Waals surface area contributed by atoms with Gasteiger partial charge in [0.15, 0.2) is 4.77 Å². The number of fused-ring (bicyclic) bond motifs is 1. The molecule has 1 heterocycles. The minimum absolute atomic E-state index is 0.242. The number of H-pyrrole nitrogens is 1. The van der Waals surface area contributed by atoms with Gasteiger partial charge in [0.1, 0.15) is 5.82 Å². The van der Waals surface area contributed by atoms with Crippen LogP contribution in [0.4, 0.5) is 4.39 Å². The molecule has 0 saturated carbocycles. The highest BCUT2D eigenvalue weighted by Gasteiger charge is 2.12. The van der Waals surface area contributed by atoms with Crippen LogP contribution in [0.1, 0.15) is 5.56 Å². The van der Waals surface area contributed by atoms with Gasteiger partial charge in [0, 0.05) is 10.5 Å². The lowest BCUT2D eigenvalue weighted by Crippen LogP contribution is -1.97. The Balaban J connectivity index is 2.42. The fourth-order valence-electron chi connectivity index (χ4n) is 2.16. The van der Waals surface area contributed by atoms with Crippen molar-refractivity contribution in [1.29, 1.82) is 0 Å². The summed E-state index contributed by atoms with van der Waals surface area (Å²) in [6.45, 7) is 2.01.